The molecule has 2 unspecified atom stereocenters. The molecule has 1 heterocycles. The molecule has 2 aliphatic rings. The molecule has 0 saturated heterocycles. The van der Waals surface area contributed by atoms with Crippen molar-refractivity contribution in [2.24, 2.45) is 5.92 Å². The van der Waals surface area contributed by atoms with Gasteiger partial charge in [-0.15, -0.1) is 0 Å². The van der Waals surface area contributed by atoms with Gasteiger partial charge in [-0.2, -0.15) is 0 Å². The van der Waals surface area contributed by atoms with Crippen LogP contribution in [-0.4, -0.2) is 6.04 Å². The van der Waals surface area contributed by atoms with Gasteiger partial charge in [-0.1, -0.05) is 91.3 Å². The quantitative estimate of drug-likeness (QED) is 0.560. The second-order valence-electron chi connectivity index (χ2n) is 7.29. The lowest BCUT2D eigenvalue weighted by Crippen LogP contribution is -2.41. The van der Waals surface area contributed by atoms with E-state index >= 15 is 0 Å². The van der Waals surface area contributed by atoms with Crippen LogP contribution < -0.4 is 4.90 Å². The maximum atomic E-state index is 3.62. The third kappa shape index (κ3) is 2.28. The smallest absolute Gasteiger partial charge is 0.0586 e. The Balaban J connectivity index is 1.94. The number of halogens is 1. The Labute approximate surface area is 152 Å². The van der Waals surface area contributed by atoms with Crippen LogP contribution in [0.25, 0.3) is 0 Å². The van der Waals surface area contributed by atoms with Crippen molar-refractivity contribution in [2.75, 3.05) is 4.90 Å². The lowest BCUT2D eigenvalue weighted by molar-refractivity contribution is 0.570. The summed E-state index contributed by atoms with van der Waals surface area (Å²) in [5.74, 6) is 0.437. The van der Waals surface area contributed by atoms with Crippen LogP contribution in [0.5, 0.6) is 0 Å². The first-order chi connectivity index (χ1) is 11.5. The van der Waals surface area contributed by atoms with Crippen molar-refractivity contribution >= 4 is 27.3 Å². The third-order valence-electron chi connectivity index (χ3n) is 5.39. The van der Waals surface area contributed by atoms with Crippen LogP contribution in [0.4, 0.5) is 11.4 Å². The molecule has 24 heavy (non-hydrogen) atoms. The summed E-state index contributed by atoms with van der Waals surface area (Å²) in [7, 11) is 0. The van der Waals surface area contributed by atoms with Crippen LogP contribution in [0.15, 0.2) is 71.2 Å². The zero-order valence-corrected chi connectivity index (χ0v) is 15.9. The van der Waals surface area contributed by atoms with Crippen molar-refractivity contribution in [3.05, 3.63) is 82.4 Å². The molecule has 0 saturated carbocycles. The fraction of sp³-hybridized carbons (Fsp3) is 0.273. The Bertz CT molecular complexity index is 797. The van der Waals surface area contributed by atoms with Gasteiger partial charge in [0, 0.05) is 21.3 Å². The minimum Gasteiger partial charge on any atom is -0.333 e. The first-order valence-electron chi connectivity index (χ1n) is 8.54. The predicted octanol–water partition coefficient (Wildman–Crippen LogP) is 6.32. The van der Waals surface area contributed by atoms with Gasteiger partial charge in [0.2, 0.25) is 0 Å². The monoisotopic (exact) mass is 379 g/mol. The predicted molar refractivity (Wildman–Crippen MR) is 106 cm³/mol. The van der Waals surface area contributed by atoms with Crippen molar-refractivity contribution in [1.82, 2.24) is 0 Å². The average Bonchev–Trinajstić information content (AvgIpc) is 2.57. The third-order valence-corrected chi connectivity index (χ3v) is 5.91. The lowest BCUT2D eigenvalue weighted by Gasteiger charge is -2.46. The van der Waals surface area contributed by atoms with E-state index in [1.165, 1.54) is 27.0 Å². The highest BCUT2D eigenvalue weighted by Gasteiger charge is 2.38. The van der Waals surface area contributed by atoms with Crippen molar-refractivity contribution in [3.63, 3.8) is 0 Å². The van der Waals surface area contributed by atoms with Crippen LogP contribution in [0.1, 0.15) is 31.9 Å². The second kappa shape index (κ2) is 5.63. The normalized spacial score (nSPS) is 24.2. The molecular weight excluding hydrogens is 358 g/mol. The molecular formula is C22H22BrN. The van der Waals surface area contributed by atoms with Gasteiger partial charge in [-0.25, -0.2) is 0 Å². The Morgan fingerprint density at radius 3 is 2.00 bits per heavy atom. The molecule has 1 nitrogen and oxygen atoms in total. The summed E-state index contributed by atoms with van der Waals surface area (Å²) in [6.07, 6.45) is 6.80. The molecule has 1 aliphatic carbocycles. The Hall–Kier alpha value is -1.80. The van der Waals surface area contributed by atoms with Crippen molar-refractivity contribution in [3.8, 4) is 0 Å². The minimum absolute atomic E-state index is 0.0156. The molecule has 0 radical (unpaired) electrons. The summed E-state index contributed by atoms with van der Waals surface area (Å²) in [6.45, 7) is 6.96. The summed E-state index contributed by atoms with van der Waals surface area (Å²) in [6, 6.07) is 18.0. The molecule has 0 aromatic heterocycles. The van der Waals surface area contributed by atoms with E-state index in [0.29, 0.717) is 12.0 Å². The Morgan fingerprint density at radius 1 is 0.917 bits per heavy atom. The molecule has 4 rings (SSSR count). The van der Waals surface area contributed by atoms with Crippen LogP contribution >= 0.6 is 15.9 Å². The van der Waals surface area contributed by atoms with E-state index in [9.17, 15) is 0 Å². The van der Waals surface area contributed by atoms with E-state index < -0.39 is 0 Å². The SMILES string of the molecule is CC1C=C(Br)C=CC1N1c2ccccc2C(C)(C)c2ccccc21. The topological polar surface area (TPSA) is 3.24 Å². The standard InChI is InChI=1S/C22H22BrN/c1-15-14-16(23)12-13-19(15)24-20-10-6-4-8-17(20)22(2,3)18-9-5-7-11-21(18)24/h4-15,19H,1-3H3. The average molecular weight is 380 g/mol. The maximum Gasteiger partial charge on any atom is 0.0586 e. The van der Waals surface area contributed by atoms with E-state index in [1.54, 1.807) is 0 Å². The number of allylic oxidation sites excluding steroid dienone is 2. The summed E-state index contributed by atoms with van der Waals surface area (Å²) in [4.78, 5) is 2.52. The van der Waals surface area contributed by atoms with Crippen molar-refractivity contribution in [2.45, 2.75) is 32.2 Å². The van der Waals surface area contributed by atoms with Gasteiger partial charge in [-0.3, -0.25) is 0 Å². The van der Waals surface area contributed by atoms with Gasteiger partial charge in [0.15, 0.2) is 0 Å². The van der Waals surface area contributed by atoms with Crippen LogP contribution in [0, 0.1) is 5.92 Å². The van der Waals surface area contributed by atoms with Crippen LogP contribution in [0.2, 0.25) is 0 Å². The zero-order valence-electron chi connectivity index (χ0n) is 14.3. The number of hydrogen-bond donors (Lipinski definition) is 0. The van der Waals surface area contributed by atoms with E-state index in [-0.39, 0.29) is 5.41 Å². The highest BCUT2D eigenvalue weighted by Crippen LogP contribution is 2.50. The number of nitrogens with zero attached hydrogens (tertiary/aromatic N) is 1. The molecule has 0 fully saturated rings. The van der Waals surface area contributed by atoms with Gasteiger partial charge in [0.25, 0.3) is 0 Å². The van der Waals surface area contributed by atoms with E-state index in [2.05, 4.69) is 108 Å². The van der Waals surface area contributed by atoms with E-state index in [0.717, 1.165) is 0 Å². The molecule has 0 spiro atoms. The van der Waals surface area contributed by atoms with Gasteiger partial charge in [0.05, 0.1) is 6.04 Å². The van der Waals surface area contributed by atoms with Gasteiger partial charge in [0.1, 0.15) is 0 Å². The fourth-order valence-corrected chi connectivity index (χ4v) is 4.68. The van der Waals surface area contributed by atoms with E-state index in [1.807, 2.05) is 0 Å². The molecule has 2 atom stereocenters. The summed E-state index contributed by atoms with van der Waals surface area (Å²) < 4.78 is 1.17. The van der Waals surface area contributed by atoms with Crippen LogP contribution in [0.3, 0.4) is 0 Å². The highest BCUT2D eigenvalue weighted by atomic mass is 79.9. The number of fused-ring (bicyclic) bond motifs is 2. The molecule has 0 N–H and O–H groups in total. The molecule has 1 aliphatic heterocycles. The summed E-state index contributed by atoms with van der Waals surface area (Å²) >= 11 is 3.62. The van der Waals surface area contributed by atoms with E-state index in [4.69, 9.17) is 0 Å². The molecule has 0 bridgehead atoms. The summed E-state index contributed by atoms with van der Waals surface area (Å²) in [5, 5.41) is 0. The first kappa shape index (κ1) is 15.7. The maximum absolute atomic E-state index is 3.62. The largest absolute Gasteiger partial charge is 0.333 e. The lowest BCUT2D eigenvalue weighted by atomic mass is 9.73. The molecule has 2 aromatic carbocycles. The van der Waals surface area contributed by atoms with Gasteiger partial charge in [-0.05, 0) is 29.2 Å². The number of para-hydroxylation sites is 2. The number of rotatable bonds is 1. The summed E-state index contributed by atoms with van der Waals surface area (Å²) in [5.41, 5.74) is 5.47. The van der Waals surface area contributed by atoms with Crippen molar-refractivity contribution < 1.29 is 0 Å². The Kier molecular flexibility index (Phi) is 3.69. The number of anilines is 2. The Morgan fingerprint density at radius 2 is 1.46 bits per heavy atom. The van der Waals surface area contributed by atoms with Gasteiger partial charge < -0.3 is 4.90 Å². The minimum atomic E-state index is 0.0156. The molecule has 2 aromatic rings. The second-order valence-corrected chi connectivity index (χ2v) is 8.21. The van der Waals surface area contributed by atoms with Crippen molar-refractivity contribution in [1.29, 1.82) is 0 Å². The van der Waals surface area contributed by atoms with Crippen LogP contribution in [-0.2, 0) is 5.41 Å². The first-order valence-corrected chi connectivity index (χ1v) is 9.33. The van der Waals surface area contributed by atoms with Gasteiger partial charge >= 0.3 is 0 Å². The molecule has 0 amide bonds. The highest BCUT2D eigenvalue weighted by molar-refractivity contribution is 9.11. The molecule has 122 valence electrons. The number of benzene rings is 2. The number of hydrogen-bond acceptors (Lipinski definition) is 1. The zero-order chi connectivity index (χ0) is 16.9. The fourth-order valence-electron chi connectivity index (χ4n) is 4.11. The molecule has 2 heteroatoms.